The van der Waals surface area contributed by atoms with Crippen LogP contribution in [0.15, 0.2) is 18.2 Å². The lowest BCUT2D eigenvalue weighted by Gasteiger charge is -2.21. The fourth-order valence-electron chi connectivity index (χ4n) is 2.33. The van der Waals surface area contributed by atoms with Gasteiger partial charge in [0.15, 0.2) is 0 Å². The minimum absolute atomic E-state index is 0.0131. The summed E-state index contributed by atoms with van der Waals surface area (Å²) in [6.07, 6.45) is 0.776. The fraction of sp³-hybridized carbons (Fsp3) is 0.500. The van der Waals surface area contributed by atoms with Crippen LogP contribution in [0.2, 0.25) is 0 Å². The summed E-state index contributed by atoms with van der Waals surface area (Å²) in [7, 11) is 1.33. The zero-order chi connectivity index (χ0) is 15.4. The molecule has 2 rings (SSSR count). The first-order chi connectivity index (χ1) is 10.1. The maximum absolute atomic E-state index is 12.3. The van der Waals surface area contributed by atoms with Crippen molar-refractivity contribution in [2.24, 2.45) is 5.92 Å². The highest BCUT2D eigenvalue weighted by Gasteiger charge is 2.27. The van der Waals surface area contributed by atoms with Gasteiger partial charge in [-0.05, 0) is 29.2 Å². The molecule has 5 nitrogen and oxygen atoms in total. The summed E-state index contributed by atoms with van der Waals surface area (Å²) in [6.45, 7) is 5.01. The molecule has 0 saturated heterocycles. The quantitative estimate of drug-likeness (QED) is 0.843. The number of amides is 1. The molecule has 1 aliphatic heterocycles. The first-order valence-electron chi connectivity index (χ1n) is 7.15. The largest absolute Gasteiger partial charge is 0.467 e. The third-order valence-corrected chi connectivity index (χ3v) is 3.94. The second-order valence-electron chi connectivity index (χ2n) is 5.34. The van der Waals surface area contributed by atoms with Gasteiger partial charge in [0.25, 0.3) is 5.91 Å². The zero-order valence-electron chi connectivity index (χ0n) is 12.6. The van der Waals surface area contributed by atoms with E-state index >= 15 is 0 Å². The van der Waals surface area contributed by atoms with Crippen molar-refractivity contribution in [1.82, 2.24) is 5.32 Å². The molecule has 0 aliphatic carbocycles. The van der Waals surface area contributed by atoms with E-state index in [1.165, 1.54) is 7.11 Å². The average Bonchev–Trinajstić information content (AvgIpc) is 2.98. The predicted molar refractivity (Wildman–Crippen MR) is 77.7 cm³/mol. The number of hydrogen-bond donors (Lipinski definition) is 1. The molecule has 0 aromatic heterocycles. The standard InChI is InChI=1S/C16H21NO4/c1-4-10(2)14(16(19)20-3)17-15(18)11-5-6-12-8-21-9-13(12)7-11/h5-7,10,14H,4,8-9H2,1-3H3,(H,17,18)/t10-,14+/m1/s1. The van der Waals surface area contributed by atoms with Crippen molar-refractivity contribution in [1.29, 1.82) is 0 Å². The van der Waals surface area contributed by atoms with Gasteiger partial charge in [-0.3, -0.25) is 4.79 Å². The third-order valence-electron chi connectivity index (χ3n) is 3.94. The van der Waals surface area contributed by atoms with E-state index in [1.807, 2.05) is 26.0 Å². The Morgan fingerprint density at radius 3 is 2.71 bits per heavy atom. The van der Waals surface area contributed by atoms with E-state index in [1.54, 1.807) is 6.07 Å². The van der Waals surface area contributed by atoms with Crippen LogP contribution >= 0.6 is 0 Å². The molecule has 1 heterocycles. The summed E-state index contributed by atoms with van der Waals surface area (Å²) in [5.41, 5.74) is 2.68. The molecule has 0 bridgehead atoms. The van der Waals surface area contributed by atoms with Crippen molar-refractivity contribution in [2.45, 2.75) is 39.5 Å². The van der Waals surface area contributed by atoms with Gasteiger partial charge in [0.2, 0.25) is 0 Å². The van der Waals surface area contributed by atoms with Gasteiger partial charge in [-0.15, -0.1) is 0 Å². The number of fused-ring (bicyclic) bond motifs is 1. The van der Waals surface area contributed by atoms with Crippen LogP contribution in [0.25, 0.3) is 0 Å². The summed E-state index contributed by atoms with van der Waals surface area (Å²) < 4.78 is 10.1. The molecule has 1 amide bonds. The van der Waals surface area contributed by atoms with Gasteiger partial charge in [0.05, 0.1) is 20.3 Å². The van der Waals surface area contributed by atoms with Gasteiger partial charge in [0.1, 0.15) is 6.04 Å². The first kappa shape index (κ1) is 15.5. The molecule has 0 spiro atoms. The molecule has 2 atom stereocenters. The number of methoxy groups -OCH3 is 1. The maximum Gasteiger partial charge on any atom is 0.328 e. The first-order valence-corrected chi connectivity index (χ1v) is 7.15. The lowest BCUT2D eigenvalue weighted by atomic mass is 9.98. The molecule has 0 radical (unpaired) electrons. The Balaban J connectivity index is 2.13. The Bertz CT molecular complexity index is 541. The Hall–Kier alpha value is -1.88. The second kappa shape index (κ2) is 6.72. The van der Waals surface area contributed by atoms with Crippen LogP contribution in [0, 0.1) is 5.92 Å². The number of esters is 1. The number of ether oxygens (including phenoxy) is 2. The zero-order valence-corrected chi connectivity index (χ0v) is 12.6. The van der Waals surface area contributed by atoms with Crippen molar-refractivity contribution < 1.29 is 19.1 Å². The normalized spacial score (nSPS) is 16.0. The maximum atomic E-state index is 12.3. The summed E-state index contributed by atoms with van der Waals surface area (Å²) in [4.78, 5) is 24.1. The molecular formula is C16H21NO4. The Labute approximate surface area is 124 Å². The van der Waals surface area contributed by atoms with Gasteiger partial charge in [0, 0.05) is 5.56 Å². The van der Waals surface area contributed by atoms with E-state index in [0.29, 0.717) is 18.8 Å². The van der Waals surface area contributed by atoms with E-state index < -0.39 is 12.0 Å². The summed E-state index contributed by atoms with van der Waals surface area (Å²) >= 11 is 0. The molecule has 1 aromatic rings. The van der Waals surface area contributed by atoms with E-state index in [0.717, 1.165) is 17.5 Å². The fourth-order valence-corrected chi connectivity index (χ4v) is 2.33. The van der Waals surface area contributed by atoms with Crippen molar-refractivity contribution in [3.05, 3.63) is 34.9 Å². The molecule has 0 fully saturated rings. The molecule has 1 aromatic carbocycles. The van der Waals surface area contributed by atoms with E-state index in [9.17, 15) is 9.59 Å². The molecular weight excluding hydrogens is 270 g/mol. The smallest absolute Gasteiger partial charge is 0.328 e. The molecule has 0 saturated carbocycles. The van der Waals surface area contributed by atoms with E-state index in [-0.39, 0.29) is 11.8 Å². The van der Waals surface area contributed by atoms with Crippen LogP contribution < -0.4 is 5.32 Å². The second-order valence-corrected chi connectivity index (χ2v) is 5.34. The Morgan fingerprint density at radius 1 is 1.33 bits per heavy atom. The van der Waals surface area contributed by atoms with Crippen LogP contribution in [-0.2, 0) is 27.5 Å². The van der Waals surface area contributed by atoms with E-state index in [2.05, 4.69) is 5.32 Å². The summed E-state index contributed by atoms with van der Waals surface area (Å²) in [5, 5.41) is 2.77. The predicted octanol–water partition coefficient (Wildman–Crippen LogP) is 2.03. The summed E-state index contributed by atoms with van der Waals surface area (Å²) in [5.74, 6) is -0.665. The lowest BCUT2D eigenvalue weighted by Crippen LogP contribution is -2.45. The number of benzene rings is 1. The number of rotatable bonds is 5. The van der Waals surface area contributed by atoms with Gasteiger partial charge < -0.3 is 14.8 Å². The minimum atomic E-state index is -0.628. The third kappa shape index (κ3) is 3.42. The van der Waals surface area contributed by atoms with Gasteiger partial charge >= 0.3 is 5.97 Å². The SMILES string of the molecule is CC[C@@H](C)[C@H](NC(=O)c1ccc2c(c1)COC2)C(=O)OC. The van der Waals surface area contributed by atoms with Crippen LogP contribution in [0.5, 0.6) is 0 Å². The number of nitrogens with one attached hydrogen (secondary N) is 1. The highest BCUT2D eigenvalue weighted by Crippen LogP contribution is 2.21. The van der Waals surface area contributed by atoms with Gasteiger partial charge in [-0.1, -0.05) is 26.3 Å². The Morgan fingerprint density at radius 2 is 2.05 bits per heavy atom. The van der Waals surface area contributed by atoms with Crippen molar-refractivity contribution in [3.8, 4) is 0 Å². The molecule has 5 heteroatoms. The van der Waals surface area contributed by atoms with Crippen molar-refractivity contribution in [3.63, 3.8) is 0 Å². The van der Waals surface area contributed by atoms with E-state index in [4.69, 9.17) is 9.47 Å². The van der Waals surface area contributed by atoms with Crippen LogP contribution in [0.3, 0.4) is 0 Å². The molecule has 21 heavy (non-hydrogen) atoms. The summed E-state index contributed by atoms with van der Waals surface area (Å²) in [6, 6.07) is 4.85. The Kier molecular flexibility index (Phi) is 4.96. The highest BCUT2D eigenvalue weighted by molar-refractivity contribution is 5.97. The number of carbonyl (C=O) groups is 2. The van der Waals surface area contributed by atoms with Crippen molar-refractivity contribution in [2.75, 3.05) is 7.11 Å². The van der Waals surface area contributed by atoms with Crippen LogP contribution in [0.4, 0.5) is 0 Å². The molecule has 1 N–H and O–H groups in total. The van der Waals surface area contributed by atoms with Crippen LogP contribution in [0.1, 0.15) is 41.8 Å². The van der Waals surface area contributed by atoms with Gasteiger partial charge in [-0.25, -0.2) is 4.79 Å². The van der Waals surface area contributed by atoms with Crippen LogP contribution in [-0.4, -0.2) is 25.0 Å². The molecule has 114 valence electrons. The highest BCUT2D eigenvalue weighted by atomic mass is 16.5. The van der Waals surface area contributed by atoms with Gasteiger partial charge in [-0.2, -0.15) is 0 Å². The number of carbonyl (C=O) groups excluding carboxylic acids is 2. The minimum Gasteiger partial charge on any atom is -0.467 e. The van der Waals surface area contributed by atoms with Crippen molar-refractivity contribution >= 4 is 11.9 Å². The molecule has 0 unspecified atom stereocenters. The molecule has 1 aliphatic rings. The topological polar surface area (TPSA) is 64.6 Å². The lowest BCUT2D eigenvalue weighted by molar-refractivity contribution is -0.144. The monoisotopic (exact) mass is 291 g/mol. The average molecular weight is 291 g/mol. The number of hydrogen-bond acceptors (Lipinski definition) is 4.